The highest BCUT2D eigenvalue weighted by molar-refractivity contribution is 7.89. The van der Waals surface area contributed by atoms with Gasteiger partial charge in [0.25, 0.3) is 5.91 Å². The molecule has 0 aromatic heterocycles. The van der Waals surface area contributed by atoms with Crippen molar-refractivity contribution < 1.29 is 17.6 Å². The van der Waals surface area contributed by atoms with Crippen molar-refractivity contribution in [1.29, 1.82) is 0 Å². The Kier molecular flexibility index (Phi) is 6.54. The van der Waals surface area contributed by atoms with Crippen molar-refractivity contribution in [2.24, 2.45) is 0 Å². The van der Waals surface area contributed by atoms with E-state index in [9.17, 15) is 17.6 Å². The van der Waals surface area contributed by atoms with Gasteiger partial charge in [0.2, 0.25) is 10.0 Å². The minimum absolute atomic E-state index is 0.0936. The van der Waals surface area contributed by atoms with Gasteiger partial charge in [0.15, 0.2) is 0 Å². The van der Waals surface area contributed by atoms with E-state index in [2.05, 4.69) is 9.62 Å². The van der Waals surface area contributed by atoms with Crippen LogP contribution in [0.15, 0.2) is 47.4 Å². The first-order valence-electron chi connectivity index (χ1n) is 9.72. The van der Waals surface area contributed by atoms with Gasteiger partial charge in [0, 0.05) is 44.0 Å². The average Bonchev–Trinajstić information content (AvgIpc) is 2.94. The molecule has 29 heavy (non-hydrogen) atoms. The minimum Gasteiger partial charge on any atom is -0.370 e. The smallest absolute Gasteiger partial charge is 0.254 e. The van der Waals surface area contributed by atoms with E-state index < -0.39 is 10.0 Å². The van der Waals surface area contributed by atoms with Gasteiger partial charge in [-0.1, -0.05) is 13.0 Å². The Morgan fingerprint density at radius 1 is 1.07 bits per heavy atom. The molecule has 0 atom stereocenters. The SMILES string of the molecule is CCNS(=O)(=O)c1ccc(C)c(C(=O)N2CCCN(c3ccc(F)cc3)CC2)c1. The molecule has 2 aromatic carbocycles. The zero-order chi connectivity index (χ0) is 21.0. The number of carbonyl (C=O) groups excluding carboxylic acids is 1. The molecule has 8 heteroatoms. The molecular formula is C21H26FN3O3S. The van der Waals surface area contributed by atoms with Crippen molar-refractivity contribution >= 4 is 21.6 Å². The lowest BCUT2D eigenvalue weighted by molar-refractivity contribution is 0.0766. The third kappa shape index (κ3) is 4.94. The summed E-state index contributed by atoms with van der Waals surface area (Å²) in [7, 11) is -3.63. The van der Waals surface area contributed by atoms with Crippen molar-refractivity contribution in [3.05, 3.63) is 59.4 Å². The number of carbonyl (C=O) groups is 1. The van der Waals surface area contributed by atoms with Gasteiger partial charge < -0.3 is 9.80 Å². The quantitative estimate of drug-likeness (QED) is 0.809. The highest BCUT2D eigenvalue weighted by Crippen LogP contribution is 2.21. The van der Waals surface area contributed by atoms with E-state index in [0.29, 0.717) is 25.2 Å². The molecule has 1 saturated heterocycles. The fourth-order valence-corrected chi connectivity index (χ4v) is 4.54. The number of sulfonamides is 1. The Morgan fingerprint density at radius 2 is 1.79 bits per heavy atom. The van der Waals surface area contributed by atoms with Crippen LogP contribution < -0.4 is 9.62 Å². The highest BCUT2D eigenvalue weighted by Gasteiger charge is 2.23. The fraction of sp³-hybridized carbons (Fsp3) is 0.381. The molecule has 156 valence electrons. The molecule has 1 N–H and O–H groups in total. The lowest BCUT2D eigenvalue weighted by atomic mass is 10.1. The summed E-state index contributed by atoms with van der Waals surface area (Å²) >= 11 is 0. The van der Waals surface area contributed by atoms with Gasteiger partial charge in [0.05, 0.1) is 4.90 Å². The van der Waals surface area contributed by atoms with E-state index in [-0.39, 0.29) is 23.2 Å². The number of benzene rings is 2. The number of aryl methyl sites for hydroxylation is 1. The van der Waals surface area contributed by atoms with Gasteiger partial charge in [-0.25, -0.2) is 17.5 Å². The number of hydrogen-bond donors (Lipinski definition) is 1. The Labute approximate surface area is 171 Å². The molecule has 0 spiro atoms. The standard InChI is InChI=1S/C21H26FN3O3S/c1-3-23-29(27,28)19-10-5-16(2)20(15-19)21(26)25-12-4-11-24(13-14-25)18-8-6-17(22)7-9-18/h5-10,15,23H,3-4,11-14H2,1-2H3. The van der Waals surface area contributed by atoms with Crippen molar-refractivity contribution in [1.82, 2.24) is 9.62 Å². The summed E-state index contributed by atoms with van der Waals surface area (Å²) in [5.41, 5.74) is 2.07. The highest BCUT2D eigenvalue weighted by atomic mass is 32.2. The van der Waals surface area contributed by atoms with E-state index in [1.165, 1.54) is 24.3 Å². The molecule has 1 aliphatic heterocycles. The van der Waals surface area contributed by atoms with Crippen molar-refractivity contribution in [3.63, 3.8) is 0 Å². The molecule has 3 rings (SSSR count). The van der Waals surface area contributed by atoms with Crippen molar-refractivity contribution in [2.45, 2.75) is 25.2 Å². The van der Waals surface area contributed by atoms with E-state index in [4.69, 9.17) is 0 Å². The molecule has 1 aliphatic rings. The van der Waals surface area contributed by atoms with Crippen LogP contribution in [0.2, 0.25) is 0 Å². The lowest BCUT2D eigenvalue weighted by Gasteiger charge is -2.24. The Bertz CT molecular complexity index is 977. The Morgan fingerprint density at radius 3 is 2.48 bits per heavy atom. The molecule has 0 bridgehead atoms. The molecule has 2 aromatic rings. The van der Waals surface area contributed by atoms with Gasteiger partial charge in [-0.15, -0.1) is 0 Å². The zero-order valence-electron chi connectivity index (χ0n) is 16.7. The van der Waals surface area contributed by atoms with Crippen LogP contribution >= 0.6 is 0 Å². The second-order valence-corrected chi connectivity index (χ2v) is 8.85. The maximum absolute atomic E-state index is 13.2. The predicted octanol–water partition coefficient (Wildman–Crippen LogP) is 2.78. The van der Waals surface area contributed by atoms with Crippen molar-refractivity contribution in [3.8, 4) is 0 Å². The van der Waals surface area contributed by atoms with Crippen LogP contribution in [0, 0.1) is 12.7 Å². The van der Waals surface area contributed by atoms with Crippen LogP contribution in [-0.2, 0) is 10.0 Å². The summed E-state index contributed by atoms with van der Waals surface area (Å²) in [5, 5.41) is 0. The number of halogens is 1. The summed E-state index contributed by atoms with van der Waals surface area (Å²) in [6, 6.07) is 11.0. The Hall–Kier alpha value is -2.45. The topological polar surface area (TPSA) is 69.7 Å². The van der Waals surface area contributed by atoms with Gasteiger partial charge in [0.1, 0.15) is 5.82 Å². The van der Waals surface area contributed by atoms with Gasteiger partial charge in [-0.05, 0) is 55.3 Å². The second-order valence-electron chi connectivity index (χ2n) is 7.09. The normalized spacial score (nSPS) is 15.3. The Balaban J connectivity index is 1.77. The average molecular weight is 420 g/mol. The molecule has 1 amide bonds. The molecule has 1 heterocycles. The maximum atomic E-state index is 13.2. The van der Waals surface area contributed by atoms with Crippen molar-refractivity contribution in [2.75, 3.05) is 37.6 Å². The predicted molar refractivity (Wildman–Crippen MR) is 111 cm³/mol. The number of amides is 1. The summed E-state index contributed by atoms with van der Waals surface area (Å²) in [6.07, 6.45) is 0.775. The fourth-order valence-electron chi connectivity index (χ4n) is 3.47. The minimum atomic E-state index is -3.63. The van der Waals surface area contributed by atoms with Crippen LogP contribution in [-0.4, -0.2) is 51.9 Å². The first kappa shape index (κ1) is 21.3. The van der Waals surface area contributed by atoms with Gasteiger partial charge in [-0.2, -0.15) is 0 Å². The van der Waals surface area contributed by atoms with E-state index in [1.807, 2.05) is 0 Å². The maximum Gasteiger partial charge on any atom is 0.254 e. The summed E-state index contributed by atoms with van der Waals surface area (Å²) in [5.74, 6) is -0.444. The zero-order valence-corrected chi connectivity index (χ0v) is 17.5. The van der Waals surface area contributed by atoms with Crippen LogP contribution in [0.25, 0.3) is 0 Å². The molecular weight excluding hydrogens is 393 g/mol. The van der Waals surface area contributed by atoms with E-state index in [1.54, 1.807) is 36.9 Å². The van der Waals surface area contributed by atoms with E-state index in [0.717, 1.165) is 24.2 Å². The molecule has 0 unspecified atom stereocenters. The van der Waals surface area contributed by atoms with Gasteiger partial charge in [-0.3, -0.25) is 4.79 Å². The molecule has 0 aliphatic carbocycles. The van der Waals surface area contributed by atoms with Crippen LogP contribution in [0.3, 0.4) is 0 Å². The number of nitrogens with one attached hydrogen (secondary N) is 1. The number of nitrogens with zero attached hydrogens (tertiary/aromatic N) is 2. The second kappa shape index (κ2) is 8.92. The summed E-state index contributed by atoms with van der Waals surface area (Å²) in [4.78, 5) is 17.1. The molecule has 6 nitrogen and oxygen atoms in total. The van der Waals surface area contributed by atoms with Crippen LogP contribution in [0.5, 0.6) is 0 Å². The van der Waals surface area contributed by atoms with Gasteiger partial charge >= 0.3 is 0 Å². The summed E-state index contributed by atoms with van der Waals surface area (Å²) < 4.78 is 40.2. The number of hydrogen-bond acceptors (Lipinski definition) is 4. The lowest BCUT2D eigenvalue weighted by Crippen LogP contribution is -2.35. The largest absolute Gasteiger partial charge is 0.370 e. The number of rotatable bonds is 5. The first-order chi connectivity index (χ1) is 13.8. The third-order valence-corrected chi connectivity index (χ3v) is 6.60. The number of anilines is 1. The molecule has 0 radical (unpaired) electrons. The van der Waals surface area contributed by atoms with E-state index >= 15 is 0 Å². The third-order valence-electron chi connectivity index (χ3n) is 5.06. The molecule has 0 saturated carbocycles. The first-order valence-corrected chi connectivity index (χ1v) is 11.2. The van der Waals surface area contributed by atoms with Crippen LogP contribution in [0.1, 0.15) is 29.3 Å². The summed E-state index contributed by atoms with van der Waals surface area (Å²) in [6.45, 7) is 6.29. The molecule has 1 fully saturated rings. The van der Waals surface area contributed by atoms with Crippen LogP contribution in [0.4, 0.5) is 10.1 Å². The monoisotopic (exact) mass is 419 g/mol.